The minimum atomic E-state index is -0.697. The number of carboxylic acid groups (broad SMARTS) is 1. The summed E-state index contributed by atoms with van der Waals surface area (Å²) in [7, 11) is 0. The van der Waals surface area contributed by atoms with Crippen molar-refractivity contribution in [2.24, 2.45) is 11.3 Å². The quantitative estimate of drug-likeness (QED) is 0.760. The number of aliphatic carboxylic acids is 1. The van der Waals surface area contributed by atoms with Crippen LogP contribution in [0, 0.1) is 22.7 Å². The molecule has 15 heavy (non-hydrogen) atoms. The van der Waals surface area contributed by atoms with E-state index in [1.54, 1.807) is 0 Å². The van der Waals surface area contributed by atoms with Crippen LogP contribution in [0.15, 0.2) is 0 Å². The average molecular weight is 210 g/mol. The highest BCUT2D eigenvalue weighted by atomic mass is 16.4. The van der Waals surface area contributed by atoms with Crippen LogP contribution in [-0.4, -0.2) is 35.6 Å². The molecular weight excluding hydrogens is 192 g/mol. The molecule has 0 aromatic rings. The van der Waals surface area contributed by atoms with Gasteiger partial charge in [-0.1, -0.05) is 0 Å². The molecule has 0 spiro atoms. The normalized spacial score (nSPS) is 22.6. The summed E-state index contributed by atoms with van der Waals surface area (Å²) in [4.78, 5) is 12.9. The molecule has 1 aliphatic rings. The van der Waals surface area contributed by atoms with Crippen molar-refractivity contribution in [3.05, 3.63) is 0 Å². The fraction of sp³-hybridized carbons (Fsp3) is 0.818. The number of rotatable bonds is 4. The van der Waals surface area contributed by atoms with Crippen LogP contribution < -0.4 is 0 Å². The molecule has 0 bridgehead atoms. The van der Waals surface area contributed by atoms with E-state index in [-0.39, 0.29) is 11.3 Å². The van der Waals surface area contributed by atoms with Crippen molar-refractivity contribution in [3.8, 4) is 6.07 Å². The van der Waals surface area contributed by atoms with Crippen molar-refractivity contribution in [3.63, 3.8) is 0 Å². The summed E-state index contributed by atoms with van der Waals surface area (Å²) in [6.45, 7) is 6.13. The molecule has 0 aliphatic carbocycles. The summed E-state index contributed by atoms with van der Waals surface area (Å²) in [5.74, 6) is -0.910. The molecule has 1 saturated heterocycles. The van der Waals surface area contributed by atoms with Gasteiger partial charge in [0.15, 0.2) is 0 Å². The van der Waals surface area contributed by atoms with Crippen LogP contribution >= 0.6 is 0 Å². The lowest BCUT2D eigenvalue weighted by Crippen LogP contribution is -2.27. The number of hydrogen-bond donors (Lipinski definition) is 1. The molecule has 84 valence electrons. The first-order valence-electron chi connectivity index (χ1n) is 5.31. The van der Waals surface area contributed by atoms with Gasteiger partial charge in [0.25, 0.3) is 0 Å². The van der Waals surface area contributed by atoms with Crippen LogP contribution in [0.2, 0.25) is 0 Å². The van der Waals surface area contributed by atoms with E-state index in [4.69, 9.17) is 10.4 Å². The van der Waals surface area contributed by atoms with Gasteiger partial charge in [-0.3, -0.25) is 4.79 Å². The molecule has 0 aromatic heterocycles. The van der Waals surface area contributed by atoms with Gasteiger partial charge in [0.05, 0.1) is 17.4 Å². The van der Waals surface area contributed by atoms with Crippen molar-refractivity contribution in [1.82, 2.24) is 4.90 Å². The zero-order chi connectivity index (χ0) is 11.5. The molecule has 1 atom stereocenters. The van der Waals surface area contributed by atoms with Crippen molar-refractivity contribution < 1.29 is 9.90 Å². The van der Waals surface area contributed by atoms with E-state index < -0.39 is 5.97 Å². The van der Waals surface area contributed by atoms with Gasteiger partial charge in [-0.15, -0.1) is 0 Å². The number of carboxylic acids is 1. The topological polar surface area (TPSA) is 64.3 Å². The Morgan fingerprint density at radius 1 is 1.67 bits per heavy atom. The van der Waals surface area contributed by atoms with Crippen molar-refractivity contribution in [2.75, 3.05) is 19.6 Å². The third kappa shape index (κ3) is 3.52. The Morgan fingerprint density at radius 2 is 2.33 bits per heavy atom. The molecule has 1 N–H and O–H groups in total. The molecule has 0 aromatic carbocycles. The number of hydrogen-bond acceptors (Lipinski definition) is 3. The Balaban J connectivity index is 2.32. The fourth-order valence-corrected chi connectivity index (χ4v) is 1.73. The predicted octanol–water partition coefficient (Wildman–Crippen LogP) is 1.33. The monoisotopic (exact) mass is 210 g/mol. The van der Waals surface area contributed by atoms with Gasteiger partial charge in [-0.25, -0.2) is 0 Å². The highest BCUT2D eigenvalue weighted by Crippen LogP contribution is 2.22. The Labute approximate surface area is 90.5 Å². The lowest BCUT2D eigenvalue weighted by molar-refractivity contribution is -0.141. The van der Waals surface area contributed by atoms with Crippen LogP contribution in [0.25, 0.3) is 0 Å². The molecule has 1 rings (SSSR count). The Kier molecular flexibility index (Phi) is 3.70. The van der Waals surface area contributed by atoms with Crippen molar-refractivity contribution >= 4 is 5.97 Å². The van der Waals surface area contributed by atoms with Crippen molar-refractivity contribution in [2.45, 2.75) is 26.7 Å². The average Bonchev–Trinajstić information content (AvgIpc) is 2.63. The molecule has 4 nitrogen and oxygen atoms in total. The van der Waals surface area contributed by atoms with Gasteiger partial charge in [0.2, 0.25) is 0 Å². The SMILES string of the molecule is CC(C)(C#N)CCN1CCC(C(=O)O)C1. The second kappa shape index (κ2) is 4.63. The van der Waals surface area contributed by atoms with Crippen molar-refractivity contribution in [1.29, 1.82) is 5.26 Å². The van der Waals surface area contributed by atoms with Crippen LogP contribution in [0.3, 0.4) is 0 Å². The summed E-state index contributed by atoms with van der Waals surface area (Å²) < 4.78 is 0. The highest BCUT2D eigenvalue weighted by Gasteiger charge is 2.28. The molecule has 1 aliphatic heterocycles. The smallest absolute Gasteiger partial charge is 0.307 e. The minimum absolute atomic E-state index is 0.213. The fourth-order valence-electron chi connectivity index (χ4n) is 1.73. The highest BCUT2D eigenvalue weighted by molar-refractivity contribution is 5.70. The van der Waals surface area contributed by atoms with E-state index in [1.807, 2.05) is 13.8 Å². The minimum Gasteiger partial charge on any atom is -0.481 e. The lowest BCUT2D eigenvalue weighted by Gasteiger charge is -2.20. The number of nitrogens with zero attached hydrogens (tertiary/aromatic N) is 2. The van der Waals surface area contributed by atoms with E-state index in [9.17, 15) is 4.79 Å². The first-order chi connectivity index (χ1) is 6.94. The Bertz CT molecular complexity index is 281. The van der Waals surface area contributed by atoms with E-state index >= 15 is 0 Å². The lowest BCUT2D eigenvalue weighted by atomic mass is 9.91. The zero-order valence-electron chi connectivity index (χ0n) is 9.36. The van der Waals surface area contributed by atoms with Gasteiger partial charge in [-0.2, -0.15) is 5.26 Å². The van der Waals surface area contributed by atoms with Crippen LogP contribution in [0.1, 0.15) is 26.7 Å². The maximum Gasteiger partial charge on any atom is 0.307 e. The maximum atomic E-state index is 10.7. The summed E-state index contributed by atoms with van der Waals surface area (Å²) in [6, 6.07) is 2.26. The zero-order valence-corrected chi connectivity index (χ0v) is 9.36. The molecule has 1 heterocycles. The molecule has 4 heteroatoms. The summed E-state index contributed by atoms with van der Waals surface area (Å²) in [5, 5.41) is 17.7. The molecule has 0 amide bonds. The number of nitriles is 1. The Morgan fingerprint density at radius 3 is 2.80 bits per heavy atom. The second-order valence-corrected chi connectivity index (χ2v) is 4.87. The van der Waals surface area contributed by atoms with Gasteiger partial charge in [0, 0.05) is 6.54 Å². The van der Waals surface area contributed by atoms with Gasteiger partial charge >= 0.3 is 5.97 Å². The first-order valence-corrected chi connectivity index (χ1v) is 5.31. The Hall–Kier alpha value is -1.08. The second-order valence-electron chi connectivity index (χ2n) is 4.87. The van der Waals surface area contributed by atoms with Gasteiger partial charge in [-0.05, 0) is 39.8 Å². The van der Waals surface area contributed by atoms with Crippen LogP contribution in [-0.2, 0) is 4.79 Å². The van der Waals surface area contributed by atoms with E-state index in [0.717, 1.165) is 25.9 Å². The third-order valence-electron chi connectivity index (χ3n) is 2.98. The predicted molar refractivity (Wildman–Crippen MR) is 56.2 cm³/mol. The molecule has 0 saturated carbocycles. The largest absolute Gasteiger partial charge is 0.481 e. The van der Waals surface area contributed by atoms with Crippen LogP contribution in [0.4, 0.5) is 0 Å². The van der Waals surface area contributed by atoms with E-state index in [0.29, 0.717) is 6.54 Å². The molecule has 1 unspecified atom stereocenters. The van der Waals surface area contributed by atoms with Gasteiger partial charge in [0.1, 0.15) is 0 Å². The summed E-state index contributed by atoms with van der Waals surface area (Å²) in [5.41, 5.74) is -0.304. The summed E-state index contributed by atoms with van der Waals surface area (Å²) in [6.07, 6.45) is 1.54. The van der Waals surface area contributed by atoms with Crippen LogP contribution in [0.5, 0.6) is 0 Å². The van der Waals surface area contributed by atoms with Gasteiger partial charge < -0.3 is 10.0 Å². The molecule has 0 radical (unpaired) electrons. The van der Waals surface area contributed by atoms with E-state index in [2.05, 4.69) is 11.0 Å². The standard InChI is InChI=1S/C11H18N2O2/c1-11(2,8-12)4-6-13-5-3-9(7-13)10(14)15/h9H,3-7H2,1-2H3,(H,14,15). The first kappa shape index (κ1) is 12.0. The number of carbonyl (C=O) groups is 1. The maximum absolute atomic E-state index is 10.7. The third-order valence-corrected chi connectivity index (χ3v) is 2.98. The van der Waals surface area contributed by atoms with E-state index in [1.165, 1.54) is 0 Å². The summed E-state index contributed by atoms with van der Waals surface area (Å²) >= 11 is 0. The number of likely N-dealkylation sites (tertiary alicyclic amines) is 1. The molecule has 1 fully saturated rings. The molecular formula is C11H18N2O2.